The Morgan fingerprint density at radius 1 is 1.15 bits per heavy atom. The second-order valence-electron chi connectivity index (χ2n) is 6.14. The Bertz CT molecular complexity index is 456. The molecular formula is C14H18F3N3. The Hall–Kier alpha value is -1.17. The van der Waals surface area contributed by atoms with Crippen LogP contribution >= 0.6 is 0 Å². The van der Waals surface area contributed by atoms with Gasteiger partial charge in [0.25, 0.3) is 0 Å². The predicted molar refractivity (Wildman–Crippen MR) is 68.0 cm³/mol. The fourth-order valence-electron chi connectivity index (χ4n) is 3.23. The second-order valence-corrected chi connectivity index (χ2v) is 6.14. The van der Waals surface area contributed by atoms with Crippen molar-refractivity contribution in [2.75, 3.05) is 13.1 Å². The van der Waals surface area contributed by atoms with E-state index in [1.807, 2.05) is 0 Å². The van der Waals surface area contributed by atoms with Crippen LogP contribution < -0.4 is 5.32 Å². The smallest absolute Gasteiger partial charge is 0.316 e. The van der Waals surface area contributed by atoms with Gasteiger partial charge in [0.2, 0.25) is 0 Å². The molecule has 20 heavy (non-hydrogen) atoms. The fourth-order valence-corrected chi connectivity index (χ4v) is 3.23. The van der Waals surface area contributed by atoms with E-state index in [0.717, 1.165) is 38.5 Å². The number of nitrogens with zero attached hydrogens (tertiary/aromatic N) is 2. The standard InChI is InChI=1S/C14H18F3N3/c15-14(16,17)12-7-19-11(6-20-12)5-10-1-3-13(4-2-10)8-18-9-13/h6-7,10,18H,1-5,8-9H2. The number of alkyl halides is 3. The van der Waals surface area contributed by atoms with Gasteiger partial charge in [-0.15, -0.1) is 0 Å². The molecule has 110 valence electrons. The van der Waals surface area contributed by atoms with Crippen molar-refractivity contribution in [1.82, 2.24) is 15.3 Å². The van der Waals surface area contributed by atoms with Gasteiger partial charge in [0, 0.05) is 19.3 Å². The molecule has 0 radical (unpaired) electrons. The molecule has 0 atom stereocenters. The topological polar surface area (TPSA) is 37.8 Å². The van der Waals surface area contributed by atoms with Crippen LogP contribution in [-0.2, 0) is 12.6 Å². The molecule has 1 spiro atoms. The van der Waals surface area contributed by atoms with Gasteiger partial charge in [-0.3, -0.25) is 4.98 Å². The van der Waals surface area contributed by atoms with Crippen LogP contribution in [0, 0.1) is 11.3 Å². The molecule has 1 saturated heterocycles. The largest absolute Gasteiger partial charge is 0.434 e. The van der Waals surface area contributed by atoms with Gasteiger partial charge in [-0.25, -0.2) is 4.98 Å². The summed E-state index contributed by atoms with van der Waals surface area (Å²) in [4.78, 5) is 7.39. The van der Waals surface area contributed by atoms with Gasteiger partial charge in [0.1, 0.15) is 0 Å². The summed E-state index contributed by atoms with van der Waals surface area (Å²) in [5.41, 5.74) is 0.276. The van der Waals surface area contributed by atoms with E-state index in [1.165, 1.54) is 19.0 Å². The maximum atomic E-state index is 12.4. The lowest BCUT2D eigenvalue weighted by atomic mass is 9.66. The first-order valence-electron chi connectivity index (χ1n) is 7.06. The number of nitrogens with one attached hydrogen (secondary N) is 1. The zero-order valence-corrected chi connectivity index (χ0v) is 11.2. The number of halogens is 3. The molecule has 0 amide bonds. The third-order valence-electron chi connectivity index (χ3n) is 4.66. The Morgan fingerprint density at radius 2 is 1.85 bits per heavy atom. The van der Waals surface area contributed by atoms with Gasteiger partial charge >= 0.3 is 6.18 Å². The molecule has 6 heteroatoms. The van der Waals surface area contributed by atoms with Crippen LogP contribution in [0.1, 0.15) is 37.1 Å². The van der Waals surface area contributed by atoms with Crippen molar-refractivity contribution in [3.05, 3.63) is 23.8 Å². The second kappa shape index (κ2) is 4.98. The van der Waals surface area contributed by atoms with E-state index in [0.29, 0.717) is 17.0 Å². The van der Waals surface area contributed by atoms with Crippen molar-refractivity contribution >= 4 is 0 Å². The van der Waals surface area contributed by atoms with Crippen LogP contribution in [-0.4, -0.2) is 23.1 Å². The van der Waals surface area contributed by atoms with E-state index in [9.17, 15) is 13.2 Å². The molecule has 2 aliphatic rings. The minimum atomic E-state index is -4.40. The SMILES string of the molecule is FC(F)(F)c1cnc(CC2CCC3(CC2)CNC3)cn1. The van der Waals surface area contributed by atoms with Crippen molar-refractivity contribution in [3.8, 4) is 0 Å². The average Bonchev–Trinajstić information content (AvgIpc) is 2.37. The highest BCUT2D eigenvalue weighted by molar-refractivity contribution is 5.07. The lowest BCUT2D eigenvalue weighted by Crippen LogP contribution is -2.54. The highest BCUT2D eigenvalue weighted by Gasteiger charge is 2.40. The van der Waals surface area contributed by atoms with E-state index >= 15 is 0 Å². The summed E-state index contributed by atoms with van der Waals surface area (Å²) in [5.74, 6) is 0.535. The number of rotatable bonds is 2. The minimum Gasteiger partial charge on any atom is -0.316 e. The van der Waals surface area contributed by atoms with Crippen molar-refractivity contribution in [1.29, 1.82) is 0 Å². The molecule has 1 aliphatic carbocycles. The Labute approximate surface area is 116 Å². The minimum absolute atomic E-state index is 0.516. The lowest BCUT2D eigenvalue weighted by Gasteiger charge is -2.47. The normalized spacial score (nSPS) is 22.8. The number of aromatic nitrogens is 2. The zero-order valence-electron chi connectivity index (χ0n) is 11.2. The zero-order chi connectivity index (χ0) is 14.2. The Kier molecular flexibility index (Phi) is 3.44. The average molecular weight is 285 g/mol. The van der Waals surface area contributed by atoms with Gasteiger partial charge in [-0.05, 0) is 43.4 Å². The van der Waals surface area contributed by atoms with Gasteiger partial charge < -0.3 is 5.32 Å². The third-order valence-corrected chi connectivity index (χ3v) is 4.66. The molecule has 1 aliphatic heterocycles. The fraction of sp³-hybridized carbons (Fsp3) is 0.714. The monoisotopic (exact) mass is 285 g/mol. The van der Waals surface area contributed by atoms with Crippen molar-refractivity contribution < 1.29 is 13.2 Å². The maximum absolute atomic E-state index is 12.4. The van der Waals surface area contributed by atoms with Crippen LogP contribution in [0.3, 0.4) is 0 Å². The van der Waals surface area contributed by atoms with Gasteiger partial charge in [-0.1, -0.05) is 0 Å². The molecule has 1 aromatic heterocycles. The first kappa shape index (κ1) is 13.8. The van der Waals surface area contributed by atoms with E-state index in [1.54, 1.807) is 0 Å². The number of hydrogen-bond acceptors (Lipinski definition) is 3. The molecule has 1 aromatic rings. The van der Waals surface area contributed by atoms with Crippen LogP contribution in [0.15, 0.2) is 12.4 Å². The van der Waals surface area contributed by atoms with Crippen LogP contribution in [0.4, 0.5) is 13.2 Å². The maximum Gasteiger partial charge on any atom is 0.434 e. The quantitative estimate of drug-likeness (QED) is 0.908. The summed E-state index contributed by atoms with van der Waals surface area (Å²) in [6.45, 7) is 2.25. The Morgan fingerprint density at radius 3 is 2.30 bits per heavy atom. The predicted octanol–water partition coefficient (Wildman–Crippen LogP) is 2.82. The summed E-state index contributed by atoms with van der Waals surface area (Å²) in [5, 5.41) is 3.33. The summed E-state index contributed by atoms with van der Waals surface area (Å²) in [6, 6.07) is 0. The summed E-state index contributed by atoms with van der Waals surface area (Å²) in [6.07, 6.45) is 3.19. The molecule has 0 unspecified atom stereocenters. The van der Waals surface area contributed by atoms with Crippen LogP contribution in [0.5, 0.6) is 0 Å². The lowest BCUT2D eigenvalue weighted by molar-refractivity contribution is -0.141. The van der Waals surface area contributed by atoms with E-state index in [2.05, 4.69) is 15.3 Å². The molecule has 1 N–H and O–H groups in total. The molecule has 2 heterocycles. The summed E-state index contributed by atoms with van der Waals surface area (Å²) < 4.78 is 37.2. The molecule has 3 nitrogen and oxygen atoms in total. The van der Waals surface area contributed by atoms with E-state index in [-0.39, 0.29) is 0 Å². The van der Waals surface area contributed by atoms with Crippen molar-refractivity contribution in [3.63, 3.8) is 0 Å². The first-order chi connectivity index (χ1) is 9.47. The Balaban J connectivity index is 1.56. The van der Waals surface area contributed by atoms with Crippen LogP contribution in [0.2, 0.25) is 0 Å². The summed E-state index contributed by atoms with van der Waals surface area (Å²) in [7, 11) is 0. The van der Waals surface area contributed by atoms with E-state index in [4.69, 9.17) is 0 Å². The van der Waals surface area contributed by atoms with Crippen molar-refractivity contribution in [2.24, 2.45) is 11.3 Å². The highest BCUT2D eigenvalue weighted by atomic mass is 19.4. The molecule has 0 aromatic carbocycles. The third kappa shape index (κ3) is 2.80. The highest BCUT2D eigenvalue weighted by Crippen LogP contribution is 2.42. The van der Waals surface area contributed by atoms with Gasteiger partial charge in [0.05, 0.1) is 11.9 Å². The molecule has 1 saturated carbocycles. The molecular weight excluding hydrogens is 267 g/mol. The molecule has 0 bridgehead atoms. The van der Waals surface area contributed by atoms with Crippen molar-refractivity contribution in [2.45, 2.75) is 38.3 Å². The summed E-state index contributed by atoms with van der Waals surface area (Å²) >= 11 is 0. The van der Waals surface area contributed by atoms with E-state index < -0.39 is 11.9 Å². The molecule has 3 rings (SSSR count). The first-order valence-corrected chi connectivity index (χ1v) is 7.06. The van der Waals surface area contributed by atoms with Crippen LogP contribution in [0.25, 0.3) is 0 Å². The van der Waals surface area contributed by atoms with Gasteiger partial charge in [-0.2, -0.15) is 13.2 Å². The number of hydrogen-bond donors (Lipinski definition) is 1. The molecule has 2 fully saturated rings. The van der Waals surface area contributed by atoms with Gasteiger partial charge in [0.15, 0.2) is 5.69 Å².